The highest BCUT2D eigenvalue weighted by Gasteiger charge is 2.18. The van der Waals surface area contributed by atoms with Crippen molar-refractivity contribution in [3.63, 3.8) is 0 Å². The summed E-state index contributed by atoms with van der Waals surface area (Å²) in [6.07, 6.45) is 0. The van der Waals surface area contributed by atoms with Crippen LogP contribution in [0.5, 0.6) is 0 Å². The van der Waals surface area contributed by atoms with E-state index in [-0.39, 0.29) is 5.78 Å². The van der Waals surface area contributed by atoms with Crippen molar-refractivity contribution in [2.75, 3.05) is 0 Å². The fourth-order valence-electron chi connectivity index (χ4n) is 1.73. The molecular weight excluding hydrogens is 316 g/mol. The van der Waals surface area contributed by atoms with Gasteiger partial charge in [0.05, 0.1) is 23.3 Å². The molecule has 0 amide bonds. The second-order valence-corrected chi connectivity index (χ2v) is 5.07. The number of alkyl halides is 1. The van der Waals surface area contributed by atoms with Crippen molar-refractivity contribution in [1.82, 2.24) is 0 Å². The van der Waals surface area contributed by atoms with Gasteiger partial charge < -0.3 is 0 Å². The molecule has 0 bridgehead atoms. The average molecular weight is 325 g/mol. The monoisotopic (exact) mass is 324 g/mol. The summed E-state index contributed by atoms with van der Waals surface area (Å²) in [4.78, 5) is 11.8. The molecule has 0 aliphatic heterocycles. The molecule has 0 aromatic heterocycles. The van der Waals surface area contributed by atoms with Crippen molar-refractivity contribution < 1.29 is 4.79 Å². The Morgan fingerprint density at radius 1 is 0.900 bits per heavy atom. The predicted octanol–water partition coefficient (Wildman–Crippen LogP) is 3.75. The zero-order valence-electron chi connectivity index (χ0n) is 10.4. The number of rotatable bonds is 3. The smallest absolute Gasteiger partial charge is 0.180 e. The molecule has 0 saturated heterocycles. The lowest BCUT2D eigenvalue weighted by Crippen LogP contribution is -2.07. The first-order chi connectivity index (χ1) is 9.65. The van der Waals surface area contributed by atoms with Gasteiger partial charge in [-0.05, 0) is 29.8 Å². The highest BCUT2D eigenvalue weighted by molar-refractivity contribution is 9.09. The molecule has 0 aliphatic rings. The Balaban J connectivity index is 2.23. The fourth-order valence-corrected chi connectivity index (χ4v) is 2.30. The van der Waals surface area contributed by atoms with Gasteiger partial charge in [0.2, 0.25) is 0 Å². The van der Waals surface area contributed by atoms with Crippen LogP contribution in [0.15, 0.2) is 48.5 Å². The minimum absolute atomic E-state index is 0.0841. The van der Waals surface area contributed by atoms with Gasteiger partial charge in [0, 0.05) is 5.56 Å². The van der Waals surface area contributed by atoms with Crippen LogP contribution < -0.4 is 0 Å². The number of Topliss-reactive ketones (excluding diaryl/α,β-unsaturated/α-hetero) is 1. The maximum atomic E-state index is 12.3. The van der Waals surface area contributed by atoms with Crippen molar-refractivity contribution >= 4 is 21.7 Å². The maximum Gasteiger partial charge on any atom is 0.180 e. The third kappa shape index (κ3) is 2.93. The maximum absolute atomic E-state index is 12.3. The van der Waals surface area contributed by atoms with Gasteiger partial charge >= 0.3 is 0 Å². The first kappa shape index (κ1) is 14.0. The molecule has 0 saturated carbocycles. The quantitative estimate of drug-likeness (QED) is 0.638. The van der Waals surface area contributed by atoms with Gasteiger partial charge in [0.1, 0.15) is 4.83 Å². The van der Waals surface area contributed by atoms with Gasteiger partial charge in [-0.2, -0.15) is 10.5 Å². The molecule has 1 atom stereocenters. The summed E-state index contributed by atoms with van der Waals surface area (Å²) in [5.74, 6) is -0.0841. The predicted molar refractivity (Wildman–Crippen MR) is 78.3 cm³/mol. The lowest BCUT2D eigenvalue weighted by molar-refractivity contribution is 0.0991. The van der Waals surface area contributed by atoms with Gasteiger partial charge in [0.25, 0.3) is 0 Å². The van der Waals surface area contributed by atoms with Crippen LogP contribution >= 0.6 is 15.9 Å². The molecule has 2 aromatic rings. The lowest BCUT2D eigenvalue weighted by atomic mass is 10.0. The topological polar surface area (TPSA) is 64.7 Å². The second-order valence-electron chi connectivity index (χ2n) is 4.15. The Morgan fingerprint density at radius 2 is 1.35 bits per heavy atom. The molecule has 0 aliphatic carbocycles. The minimum atomic E-state index is -0.469. The standard InChI is InChI=1S/C16H9BrN2O/c17-15(13-5-1-11(9-18)2-6-13)16(20)14-7-3-12(10-19)4-8-14/h1-8,15H. The molecule has 0 N–H and O–H groups in total. The van der Waals surface area contributed by atoms with E-state index in [1.54, 1.807) is 48.5 Å². The molecule has 96 valence electrons. The largest absolute Gasteiger partial charge is 0.293 e. The van der Waals surface area contributed by atoms with Crippen molar-refractivity contribution in [3.05, 3.63) is 70.8 Å². The van der Waals surface area contributed by atoms with Crippen molar-refractivity contribution in [2.45, 2.75) is 4.83 Å². The molecule has 2 aromatic carbocycles. The van der Waals surface area contributed by atoms with E-state index in [4.69, 9.17) is 10.5 Å². The molecule has 0 heterocycles. The number of nitriles is 2. The zero-order chi connectivity index (χ0) is 14.5. The summed E-state index contributed by atoms with van der Waals surface area (Å²) in [5.41, 5.74) is 2.40. The summed E-state index contributed by atoms with van der Waals surface area (Å²) in [6.45, 7) is 0. The van der Waals surface area contributed by atoms with E-state index >= 15 is 0 Å². The summed E-state index contributed by atoms with van der Waals surface area (Å²) in [7, 11) is 0. The number of halogens is 1. The highest BCUT2D eigenvalue weighted by atomic mass is 79.9. The average Bonchev–Trinajstić information content (AvgIpc) is 2.53. The van der Waals surface area contributed by atoms with Gasteiger partial charge in [-0.15, -0.1) is 0 Å². The Labute approximate surface area is 125 Å². The van der Waals surface area contributed by atoms with Gasteiger partial charge in [-0.25, -0.2) is 0 Å². The summed E-state index contributed by atoms with van der Waals surface area (Å²) in [6, 6.07) is 17.4. The Morgan fingerprint density at radius 3 is 1.80 bits per heavy atom. The Kier molecular flexibility index (Phi) is 4.30. The van der Waals surface area contributed by atoms with Crippen LogP contribution in [0.1, 0.15) is 31.9 Å². The number of benzene rings is 2. The first-order valence-electron chi connectivity index (χ1n) is 5.84. The van der Waals surface area contributed by atoms with E-state index in [1.807, 2.05) is 12.1 Å². The van der Waals surface area contributed by atoms with E-state index in [1.165, 1.54) is 0 Å². The number of ketones is 1. The zero-order valence-corrected chi connectivity index (χ0v) is 12.0. The van der Waals surface area contributed by atoms with E-state index < -0.39 is 4.83 Å². The van der Waals surface area contributed by atoms with Crippen molar-refractivity contribution in [2.24, 2.45) is 0 Å². The molecule has 20 heavy (non-hydrogen) atoms. The van der Waals surface area contributed by atoms with Crippen LogP contribution in [0.25, 0.3) is 0 Å². The molecule has 0 fully saturated rings. The molecule has 4 heteroatoms. The minimum Gasteiger partial charge on any atom is -0.293 e. The normalized spacial score (nSPS) is 11.2. The van der Waals surface area contributed by atoms with Crippen LogP contribution in [-0.4, -0.2) is 5.78 Å². The number of hydrogen-bond acceptors (Lipinski definition) is 3. The van der Waals surface area contributed by atoms with Crippen LogP contribution in [-0.2, 0) is 0 Å². The Hall–Kier alpha value is -2.43. The van der Waals surface area contributed by atoms with E-state index in [0.29, 0.717) is 16.7 Å². The van der Waals surface area contributed by atoms with Crippen molar-refractivity contribution in [1.29, 1.82) is 10.5 Å². The molecular formula is C16H9BrN2O. The lowest BCUT2D eigenvalue weighted by Gasteiger charge is -2.09. The molecule has 3 nitrogen and oxygen atoms in total. The van der Waals surface area contributed by atoms with Crippen LogP contribution in [0.2, 0.25) is 0 Å². The number of hydrogen-bond donors (Lipinski definition) is 0. The second kappa shape index (κ2) is 6.14. The third-order valence-corrected chi connectivity index (χ3v) is 3.81. The van der Waals surface area contributed by atoms with Crippen LogP contribution in [0.4, 0.5) is 0 Å². The SMILES string of the molecule is N#Cc1ccc(C(=O)C(Br)c2ccc(C#N)cc2)cc1. The highest BCUT2D eigenvalue weighted by Crippen LogP contribution is 2.27. The number of nitrogens with zero attached hydrogens (tertiary/aromatic N) is 2. The van der Waals surface area contributed by atoms with E-state index in [0.717, 1.165) is 5.56 Å². The molecule has 0 spiro atoms. The van der Waals surface area contributed by atoms with E-state index in [9.17, 15) is 4.79 Å². The molecule has 0 radical (unpaired) electrons. The van der Waals surface area contributed by atoms with Crippen molar-refractivity contribution in [3.8, 4) is 12.1 Å². The van der Waals surface area contributed by atoms with Gasteiger partial charge in [0.15, 0.2) is 5.78 Å². The van der Waals surface area contributed by atoms with Crippen LogP contribution in [0, 0.1) is 22.7 Å². The number of carbonyl (C=O) groups is 1. The summed E-state index contributed by atoms with van der Waals surface area (Å²) in [5, 5.41) is 17.5. The number of carbonyl (C=O) groups excluding carboxylic acids is 1. The Bertz CT molecular complexity index is 706. The summed E-state index contributed by atoms with van der Waals surface area (Å²) < 4.78 is 0. The first-order valence-corrected chi connectivity index (χ1v) is 6.76. The third-order valence-electron chi connectivity index (χ3n) is 2.86. The molecule has 1 unspecified atom stereocenters. The van der Waals surface area contributed by atoms with Gasteiger partial charge in [-0.1, -0.05) is 40.2 Å². The summed E-state index contributed by atoms with van der Waals surface area (Å²) >= 11 is 3.37. The van der Waals surface area contributed by atoms with Gasteiger partial charge in [-0.3, -0.25) is 4.79 Å². The fraction of sp³-hybridized carbons (Fsp3) is 0.0625. The van der Waals surface area contributed by atoms with E-state index in [2.05, 4.69) is 15.9 Å². The van der Waals surface area contributed by atoms with Crippen LogP contribution in [0.3, 0.4) is 0 Å². The molecule has 2 rings (SSSR count).